The van der Waals surface area contributed by atoms with Gasteiger partial charge in [0.15, 0.2) is 17.0 Å². The van der Waals surface area contributed by atoms with E-state index in [0.29, 0.717) is 5.92 Å². The molecular weight excluding hydrogens is 418 g/mol. The van der Waals surface area contributed by atoms with E-state index in [4.69, 9.17) is 4.42 Å². The van der Waals surface area contributed by atoms with E-state index in [1.807, 2.05) is 12.1 Å². The Hall–Kier alpha value is -3.53. The molecule has 3 heterocycles. The predicted octanol–water partition coefficient (Wildman–Crippen LogP) is 7.24. The molecule has 1 atom stereocenters. The number of aromatic nitrogens is 2. The summed E-state index contributed by atoms with van der Waals surface area (Å²) in [6, 6.07) is 12.9. The SMILES string of the molecule is C=C/C(=C(\C)n1c2c([n+](C)c1-c1c(C)ccc3c1oc1ccccc13)C=CN(C)C2C)C(C)C. The van der Waals surface area contributed by atoms with Crippen LogP contribution in [-0.2, 0) is 7.05 Å². The average Bonchev–Trinajstić information content (AvgIpc) is 3.32. The summed E-state index contributed by atoms with van der Waals surface area (Å²) < 4.78 is 11.3. The lowest BCUT2D eigenvalue weighted by Gasteiger charge is -2.25. The van der Waals surface area contributed by atoms with Crippen molar-refractivity contribution >= 4 is 33.7 Å². The van der Waals surface area contributed by atoms with Gasteiger partial charge in [-0.05, 0) is 43.9 Å². The molecule has 4 nitrogen and oxygen atoms in total. The maximum atomic E-state index is 6.53. The maximum absolute atomic E-state index is 6.53. The van der Waals surface area contributed by atoms with Gasteiger partial charge in [0.05, 0.1) is 13.1 Å². The van der Waals surface area contributed by atoms with Gasteiger partial charge in [-0.3, -0.25) is 0 Å². The first-order valence-corrected chi connectivity index (χ1v) is 12.1. The molecule has 1 aliphatic heterocycles. The summed E-state index contributed by atoms with van der Waals surface area (Å²) >= 11 is 0. The molecule has 34 heavy (non-hydrogen) atoms. The van der Waals surface area contributed by atoms with Crippen LogP contribution < -0.4 is 4.57 Å². The largest absolute Gasteiger partial charge is 0.455 e. The second-order valence-electron chi connectivity index (χ2n) is 9.78. The molecule has 4 aromatic rings. The minimum absolute atomic E-state index is 0.225. The molecule has 1 unspecified atom stereocenters. The molecule has 2 aromatic heterocycles. The van der Waals surface area contributed by atoms with E-state index in [2.05, 4.69) is 112 Å². The lowest BCUT2D eigenvalue weighted by atomic mass is 9.99. The van der Waals surface area contributed by atoms with Gasteiger partial charge in [-0.2, -0.15) is 4.57 Å². The monoisotopic (exact) mass is 452 g/mol. The number of nitrogens with zero attached hydrogens (tertiary/aromatic N) is 3. The quantitative estimate of drug-likeness (QED) is 0.241. The Kier molecular flexibility index (Phi) is 5.27. The van der Waals surface area contributed by atoms with Gasteiger partial charge in [0.1, 0.15) is 16.8 Å². The fourth-order valence-corrected chi connectivity index (χ4v) is 5.49. The Morgan fingerprint density at radius 2 is 1.88 bits per heavy atom. The second kappa shape index (κ2) is 8.05. The van der Waals surface area contributed by atoms with E-state index in [9.17, 15) is 0 Å². The van der Waals surface area contributed by atoms with Crippen molar-refractivity contribution in [2.45, 2.75) is 40.7 Å². The van der Waals surface area contributed by atoms with Crippen molar-refractivity contribution in [1.82, 2.24) is 9.47 Å². The lowest BCUT2D eigenvalue weighted by molar-refractivity contribution is -0.661. The van der Waals surface area contributed by atoms with Crippen LogP contribution in [0, 0.1) is 12.8 Å². The summed E-state index contributed by atoms with van der Waals surface area (Å²) in [6.45, 7) is 15.3. The van der Waals surface area contributed by atoms with Crippen molar-refractivity contribution in [1.29, 1.82) is 0 Å². The van der Waals surface area contributed by atoms with E-state index in [1.165, 1.54) is 28.2 Å². The van der Waals surface area contributed by atoms with Gasteiger partial charge in [0.2, 0.25) is 0 Å². The predicted molar refractivity (Wildman–Crippen MR) is 142 cm³/mol. The molecule has 0 aliphatic carbocycles. The molecule has 1 aliphatic rings. The first-order valence-electron chi connectivity index (χ1n) is 12.1. The zero-order valence-corrected chi connectivity index (χ0v) is 21.3. The number of fused-ring (bicyclic) bond motifs is 4. The molecule has 0 spiro atoms. The third kappa shape index (κ3) is 3.08. The molecule has 2 aromatic carbocycles. The van der Waals surface area contributed by atoms with Gasteiger partial charge >= 0.3 is 0 Å². The number of rotatable bonds is 4. The van der Waals surface area contributed by atoms with Crippen LogP contribution in [0.2, 0.25) is 0 Å². The molecule has 0 N–H and O–H groups in total. The van der Waals surface area contributed by atoms with Crippen molar-refractivity contribution in [2.24, 2.45) is 13.0 Å². The minimum Gasteiger partial charge on any atom is -0.455 e. The highest BCUT2D eigenvalue weighted by Gasteiger charge is 2.38. The first-order chi connectivity index (χ1) is 16.3. The molecule has 0 radical (unpaired) electrons. The fraction of sp³-hybridized carbons (Fsp3) is 0.300. The number of furan rings is 1. The van der Waals surface area contributed by atoms with Gasteiger partial charge < -0.3 is 9.32 Å². The Labute approximate surface area is 202 Å². The Balaban J connectivity index is 1.97. The molecule has 0 fully saturated rings. The van der Waals surface area contributed by atoms with Crippen LogP contribution in [0.25, 0.3) is 45.1 Å². The van der Waals surface area contributed by atoms with Crippen LogP contribution in [0.1, 0.15) is 50.7 Å². The number of hydrogen-bond donors (Lipinski definition) is 0. The van der Waals surface area contributed by atoms with Crippen LogP contribution in [0.4, 0.5) is 0 Å². The summed E-state index contributed by atoms with van der Waals surface area (Å²) in [4.78, 5) is 2.27. The molecule has 0 amide bonds. The van der Waals surface area contributed by atoms with Crippen molar-refractivity contribution in [3.63, 3.8) is 0 Å². The van der Waals surface area contributed by atoms with Crippen LogP contribution in [0.3, 0.4) is 0 Å². The van der Waals surface area contributed by atoms with E-state index in [0.717, 1.165) is 33.3 Å². The summed E-state index contributed by atoms with van der Waals surface area (Å²) in [7, 11) is 4.31. The Morgan fingerprint density at radius 3 is 2.59 bits per heavy atom. The van der Waals surface area contributed by atoms with Crippen molar-refractivity contribution in [3.8, 4) is 11.4 Å². The summed E-state index contributed by atoms with van der Waals surface area (Å²) in [5, 5.41) is 2.30. The zero-order valence-electron chi connectivity index (χ0n) is 21.3. The zero-order chi connectivity index (χ0) is 24.3. The van der Waals surface area contributed by atoms with Gasteiger partial charge in [0.25, 0.3) is 5.82 Å². The molecule has 0 saturated heterocycles. The van der Waals surface area contributed by atoms with E-state index >= 15 is 0 Å². The van der Waals surface area contributed by atoms with Gasteiger partial charge in [0, 0.05) is 30.1 Å². The van der Waals surface area contributed by atoms with E-state index in [-0.39, 0.29) is 6.04 Å². The number of allylic oxidation sites excluding steroid dienone is 3. The number of aryl methyl sites for hydroxylation is 1. The standard InChI is InChI=1S/C30H34N3O/c1-9-22(18(2)3)20(5)33-28-21(6)31(7)17-16-25(28)32(8)30(33)27-19(4)14-15-24-23-12-10-11-13-26(23)34-29(24)27/h9-18,21H,1H2,2-8H3/q+1/b22-20-. The van der Waals surface area contributed by atoms with Crippen LogP contribution in [0.15, 0.2) is 65.2 Å². The second-order valence-corrected chi connectivity index (χ2v) is 9.78. The van der Waals surface area contributed by atoms with Gasteiger partial charge in [-0.25, -0.2) is 4.57 Å². The number of benzene rings is 2. The number of hydrogen-bond acceptors (Lipinski definition) is 2. The molecule has 174 valence electrons. The highest BCUT2D eigenvalue weighted by molar-refractivity contribution is 6.09. The van der Waals surface area contributed by atoms with Crippen LogP contribution in [-0.4, -0.2) is 16.5 Å². The van der Waals surface area contributed by atoms with Crippen molar-refractivity contribution in [3.05, 3.63) is 77.8 Å². The highest BCUT2D eigenvalue weighted by Crippen LogP contribution is 2.41. The number of para-hydroxylation sites is 1. The summed E-state index contributed by atoms with van der Waals surface area (Å²) in [5.41, 5.74) is 9.16. The fourth-order valence-electron chi connectivity index (χ4n) is 5.49. The first kappa shape index (κ1) is 22.3. The Morgan fingerprint density at radius 1 is 1.15 bits per heavy atom. The smallest absolute Gasteiger partial charge is 0.298 e. The van der Waals surface area contributed by atoms with Gasteiger partial charge in [-0.15, -0.1) is 0 Å². The van der Waals surface area contributed by atoms with Crippen molar-refractivity contribution in [2.75, 3.05) is 7.05 Å². The van der Waals surface area contributed by atoms with E-state index in [1.54, 1.807) is 0 Å². The average molecular weight is 453 g/mol. The molecule has 0 bridgehead atoms. The third-order valence-corrected chi connectivity index (χ3v) is 7.44. The minimum atomic E-state index is 0.225. The normalized spacial score (nSPS) is 16.5. The van der Waals surface area contributed by atoms with Crippen LogP contribution in [0.5, 0.6) is 0 Å². The maximum Gasteiger partial charge on any atom is 0.298 e. The molecule has 5 rings (SSSR count). The molecule has 0 saturated carbocycles. The van der Waals surface area contributed by atoms with Gasteiger partial charge in [-0.1, -0.05) is 56.8 Å². The highest BCUT2D eigenvalue weighted by atomic mass is 16.3. The molecular formula is C30H34N3O+. The van der Waals surface area contributed by atoms with Crippen LogP contribution >= 0.6 is 0 Å². The molecule has 4 heteroatoms. The summed E-state index contributed by atoms with van der Waals surface area (Å²) in [6.07, 6.45) is 6.41. The Bertz CT molecular complexity index is 1510. The lowest BCUT2D eigenvalue weighted by Crippen LogP contribution is -2.34. The summed E-state index contributed by atoms with van der Waals surface area (Å²) in [5.74, 6) is 1.50. The van der Waals surface area contributed by atoms with E-state index < -0.39 is 0 Å². The van der Waals surface area contributed by atoms with Crippen molar-refractivity contribution < 1.29 is 8.98 Å². The topological polar surface area (TPSA) is 25.2 Å². The third-order valence-electron chi connectivity index (χ3n) is 7.44. The number of imidazole rings is 1.